The van der Waals surface area contributed by atoms with Crippen LogP contribution in [0.25, 0.3) is 0 Å². The van der Waals surface area contributed by atoms with Crippen molar-refractivity contribution in [3.8, 4) is 0 Å². The highest BCUT2D eigenvalue weighted by molar-refractivity contribution is 6.29. The van der Waals surface area contributed by atoms with Gasteiger partial charge in [0.15, 0.2) is 0 Å². The molecule has 1 aromatic rings. The number of nitrogens with zero attached hydrogens (tertiary/aromatic N) is 1. The summed E-state index contributed by atoms with van der Waals surface area (Å²) in [5, 5.41) is 12.4. The molecule has 0 saturated heterocycles. The molecule has 0 bridgehead atoms. The molecule has 0 radical (unpaired) electrons. The lowest BCUT2D eigenvalue weighted by atomic mass is 10.0. The van der Waals surface area contributed by atoms with E-state index in [2.05, 4.69) is 24.1 Å². The van der Waals surface area contributed by atoms with Gasteiger partial charge in [-0.2, -0.15) is 0 Å². The lowest BCUT2D eigenvalue weighted by molar-refractivity contribution is 0.0697. The summed E-state index contributed by atoms with van der Waals surface area (Å²) >= 11 is 5.77. The Morgan fingerprint density at radius 2 is 2.18 bits per heavy atom. The molecule has 4 nitrogen and oxygen atoms in total. The molecule has 0 fully saturated rings. The molecular weight excluding hydrogens is 240 g/mol. The van der Waals surface area contributed by atoms with Gasteiger partial charge in [0.1, 0.15) is 16.5 Å². The van der Waals surface area contributed by atoms with Gasteiger partial charge < -0.3 is 10.4 Å². The zero-order valence-corrected chi connectivity index (χ0v) is 11.0. The lowest BCUT2D eigenvalue weighted by Crippen LogP contribution is -2.25. The summed E-state index contributed by atoms with van der Waals surface area (Å²) in [4.78, 5) is 15.1. The van der Waals surface area contributed by atoms with Crippen molar-refractivity contribution in [3.05, 3.63) is 22.8 Å². The van der Waals surface area contributed by atoms with Gasteiger partial charge in [0, 0.05) is 6.04 Å². The molecular formula is C12H17ClN2O2. The number of aromatic carboxylic acids is 1. The van der Waals surface area contributed by atoms with Crippen LogP contribution in [-0.4, -0.2) is 22.1 Å². The van der Waals surface area contributed by atoms with Gasteiger partial charge >= 0.3 is 5.97 Å². The van der Waals surface area contributed by atoms with E-state index in [9.17, 15) is 4.79 Å². The standard InChI is InChI=1S/C12H17ClN2O2/c1-4-7(2)8(3)14-11-9(12(16)17)5-6-10(13)15-11/h5-8H,4H2,1-3H3,(H,14,15)(H,16,17). The van der Waals surface area contributed by atoms with E-state index < -0.39 is 5.97 Å². The van der Waals surface area contributed by atoms with Crippen molar-refractivity contribution in [2.24, 2.45) is 5.92 Å². The quantitative estimate of drug-likeness (QED) is 0.794. The van der Waals surface area contributed by atoms with Crippen molar-refractivity contribution in [2.75, 3.05) is 5.32 Å². The van der Waals surface area contributed by atoms with Gasteiger partial charge in [-0.15, -0.1) is 0 Å². The Labute approximate surface area is 106 Å². The Kier molecular flexibility index (Phi) is 4.75. The predicted octanol–water partition coefficient (Wildman–Crippen LogP) is 3.28. The molecule has 94 valence electrons. The fourth-order valence-corrected chi connectivity index (χ4v) is 1.58. The summed E-state index contributed by atoms with van der Waals surface area (Å²) in [6, 6.07) is 3.08. The Morgan fingerprint density at radius 3 is 2.71 bits per heavy atom. The van der Waals surface area contributed by atoms with E-state index in [4.69, 9.17) is 16.7 Å². The number of hydrogen-bond donors (Lipinski definition) is 2. The van der Waals surface area contributed by atoms with Gasteiger partial charge in [-0.1, -0.05) is 31.9 Å². The Balaban J connectivity index is 2.96. The fraction of sp³-hybridized carbons (Fsp3) is 0.500. The van der Waals surface area contributed by atoms with Crippen molar-refractivity contribution in [3.63, 3.8) is 0 Å². The van der Waals surface area contributed by atoms with Gasteiger partial charge in [-0.05, 0) is 25.0 Å². The third kappa shape index (κ3) is 3.60. The van der Waals surface area contributed by atoms with Crippen LogP contribution in [0.4, 0.5) is 5.82 Å². The average molecular weight is 257 g/mol. The molecule has 2 atom stereocenters. The molecule has 0 aliphatic heterocycles. The number of anilines is 1. The largest absolute Gasteiger partial charge is 0.478 e. The summed E-state index contributed by atoms with van der Waals surface area (Å²) in [7, 11) is 0. The number of carbonyl (C=O) groups is 1. The second-order valence-corrected chi connectivity index (χ2v) is 4.54. The van der Waals surface area contributed by atoms with Gasteiger partial charge in [-0.3, -0.25) is 0 Å². The van der Waals surface area contributed by atoms with Crippen molar-refractivity contribution in [1.82, 2.24) is 4.98 Å². The molecule has 1 heterocycles. The Morgan fingerprint density at radius 1 is 1.53 bits per heavy atom. The minimum absolute atomic E-state index is 0.143. The maximum absolute atomic E-state index is 11.0. The molecule has 0 aromatic carbocycles. The second-order valence-electron chi connectivity index (χ2n) is 4.15. The summed E-state index contributed by atoms with van der Waals surface area (Å²) < 4.78 is 0. The number of aromatic nitrogens is 1. The maximum Gasteiger partial charge on any atom is 0.339 e. The monoisotopic (exact) mass is 256 g/mol. The van der Waals surface area contributed by atoms with Crippen LogP contribution in [0.1, 0.15) is 37.6 Å². The smallest absolute Gasteiger partial charge is 0.339 e. The molecule has 0 saturated carbocycles. The molecule has 0 aliphatic carbocycles. The fourth-order valence-electron chi connectivity index (χ4n) is 1.43. The van der Waals surface area contributed by atoms with Gasteiger partial charge in [-0.25, -0.2) is 9.78 Å². The van der Waals surface area contributed by atoms with Crippen LogP contribution in [0.2, 0.25) is 5.15 Å². The minimum atomic E-state index is -1.01. The van der Waals surface area contributed by atoms with E-state index >= 15 is 0 Å². The van der Waals surface area contributed by atoms with Crippen LogP contribution >= 0.6 is 11.6 Å². The van der Waals surface area contributed by atoms with E-state index in [0.717, 1.165) is 6.42 Å². The highest BCUT2D eigenvalue weighted by Gasteiger charge is 2.16. The first-order valence-electron chi connectivity index (χ1n) is 5.62. The van der Waals surface area contributed by atoms with Gasteiger partial charge in [0.2, 0.25) is 0 Å². The van der Waals surface area contributed by atoms with E-state index in [1.54, 1.807) is 0 Å². The summed E-state index contributed by atoms with van der Waals surface area (Å²) in [5.41, 5.74) is 0.143. The third-order valence-electron chi connectivity index (χ3n) is 2.95. The second kappa shape index (κ2) is 5.87. The molecule has 1 aromatic heterocycles. The number of carboxylic acid groups (broad SMARTS) is 1. The molecule has 2 N–H and O–H groups in total. The van der Waals surface area contributed by atoms with Crippen LogP contribution in [0.15, 0.2) is 12.1 Å². The predicted molar refractivity (Wildman–Crippen MR) is 68.7 cm³/mol. The van der Waals surface area contributed by atoms with Crippen LogP contribution in [0, 0.1) is 5.92 Å². The summed E-state index contributed by atoms with van der Waals surface area (Å²) in [6.45, 7) is 6.19. The van der Waals surface area contributed by atoms with E-state index in [0.29, 0.717) is 11.7 Å². The minimum Gasteiger partial charge on any atom is -0.478 e. The molecule has 5 heteroatoms. The van der Waals surface area contributed by atoms with E-state index in [-0.39, 0.29) is 16.8 Å². The first kappa shape index (κ1) is 13.8. The number of carboxylic acids is 1. The van der Waals surface area contributed by atoms with Gasteiger partial charge in [0.25, 0.3) is 0 Å². The number of pyridine rings is 1. The Bertz CT molecular complexity index is 409. The number of nitrogens with one attached hydrogen (secondary N) is 1. The SMILES string of the molecule is CCC(C)C(C)Nc1nc(Cl)ccc1C(=O)O. The molecule has 0 spiro atoms. The summed E-state index contributed by atoms with van der Waals surface area (Å²) in [6.07, 6.45) is 1.01. The highest BCUT2D eigenvalue weighted by Crippen LogP contribution is 2.20. The van der Waals surface area contributed by atoms with E-state index in [1.165, 1.54) is 12.1 Å². The van der Waals surface area contributed by atoms with Crippen molar-refractivity contribution in [2.45, 2.75) is 33.2 Å². The Hall–Kier alpha value is -1.29. The van der Waals surface area contributed by atoms with Crippen LogP contribution in [-0.2, 0) is 0 Å². The number of rotatable bonds is 5. The first-order valence-corrected chi connectivity index (χ1v) is 5.99. The van der Waals surface area contributed by atoms with Gasteiger partial charge in [0.05, 0.1) is 0 Å². The normalized spacial score (nSPS) is 14.1. The van der Waals surface area contributed by atoms with Crippen molar-refractivity contribution < 1.29 is 9.90 Å². The van der Waals surface area contributed by atoms with Crippen molar-refractivity contribution in [1.29, 1.82) is 0 Å². The molecule has 0 aliphatic rings. The lowest BCUT2D eigenvalue weighted by Gasteiger charge is -2.21. The van der Waals surface area contributed by atoms with Crippen LogP contribution in [0.5, 0.6) is 0 Å². The average Bonchev–Trinajstić information content (AvgIpc) is 2.27. The zero-order chi connectivity index (χ0) is 13.0. The maximum atomic E-state index is 11.0. The van der Waals surface area contributed by atoms with Crippen LogP contribution in [0.3, 0.4) is 0 Å². The molecule has 17 heavy (non-hydrogen) atoms. The molecule has 1 rings (SSSR count). The molecule has 2 unspecified atom stereocenters. The molecule has 0 amide bonds. The zero-order valence-electron chi connectivity index (χ0n) is 10.2. The van der Waals surface area contributed by atoms with Crippen LogP contribution < -0.4 is 5.32 Å². The topological polar surface area (TPSA) is 62.2 Å². The first-order chi connectivity index (χ1) is 7.95. The number of hydrogen-bond acceptors (Lipinski definition) is 3. The van der Waals surface area contributed by atoms with Crippen molar-refractivity contribution >= 4 is 23.4 Å². The highest BCUT2D eigenvalue weighted by atomic mass is 35.5. The number of halogens is 1. The van der Waals surface area contributed by atoms with E-state index in [1.807, 2.05) is 6.92 Å². The third-order valence-corrected chi connectivity index (χ3v) is 3.16. The summed E-state index contributed by atoms with van der Waals surface area (Å²) in [5.74, 6) is -0.247.